The van der Waals surface area contributed by atoms with Crippen LogP contribution in [-0.4, -0.2) is 0 Å². The first kappa shape index (κ1) is 15.7. The molecule has 1 aromatic heterocycles. The second-order valence-corrected chi connectivity index (χ2v) is 4.80. The zero-order valence-corrected chi connectivity index (χ0v) is 13.5. The van der Waals surface area contributed by atoms with Gasteiger partial charge in [0.2, 0.25) is 0 Å². The molecular weight excluding hydrogens is 248 g/mol. The SMILES string of the molecule is CC.CC.CCc1cccc2c1sc1ccccc12. The summed E-state index contributed by atoms with van der Waals surface area (Å²) in [6.07, 6.45) is 1.12. The summed E-state index contributed by atoms with van der Waals surface area (Å²) in [6.45, 7) is 10.2. The summed E-state index contributed by atoms with van der Waals surface area (Å²) in [5, 5.41) is 2.81. The van der Waals surface area contributed by atoms with E-state index < -0.39 is 0 Å². The Hall–Kier alpha value is -1.34. The van der Waals surface area contributed by atoms with Gasteiger partial charge in [0, 0.05) is 20.2 Å². The lowest BCUT2D eigenvalue weighted by Crippen LogP contribution is -1.77. The Kier molecular flexibility index (Phi) is 6.58. The van der Waals surface area contributed by atoms with Crippen LogP contribution in [0.1, 0.15) is 40.2 Å². The van der Waals surface area contributed by atoms with Crippen molar-refractivity contribution in [3.63, 3.8) is 0 Å². The normalized spacial score (nSPS) is 9.53. The standard InChI is InChI=1S/C14H12S.2C2H6/c1-2-10-6-5-8-12-11-7-3-4-9-13(11)15-14(10)12;2*1-2/h3-9H,2H2,1H3;2*1-2H3. The molecule has 0 bridgehead atoms. The van der Waals surface area contributed by atoms with Gasteiger partial charge in [-0.1, -0.05) is 71.0 Å². The predicted octanol–water partition coefficient (Wildman–Crippen LogP) is 6.67. The molecule has 0 radical (unpaired) electrons. The smallest absolute Gasteiger partial charge is 0.0387 e. The highest BCUT2D eigenvalue weighted by molar-refractivity contribution is 7.26. The Morgan fingerprint density at radius 1 is 0.789 bits per heavy atom. The zero-order chi connectivity index (χ0) is 14.3. The minimum Gasteiger partial charge on any atom is -0.135 e. The molecule has 1 heterocycles. The van der Waals surface area contributed by atoms with E-state index in [-0.39, 0.29) is 0 Å². The van der Waals surface area contributed by atoms with Gasteiger partial charge in [0.05, 0.1) is 0 Å². The van der Waals surface area contributed by atoms with Gasteiger partial charge in [-0.25, -0.2) is 0 Å². The van der Waals surface area contributed by atoms with E-state index in [0.29, 0.717) is 0 Å². The number of thiophene rings is 1. The van der Waals surface area contributed by atoms with Gasteiger partial charge in [-0.3, -0.25) is 0 Å². The molecule has 2 aromatic carbocycles. The Morgan fingerprint density at radius 3 is 2.11 bits per heavy atom. The Labute approximate surface area is 121 Å². The molecule has 19 heavy (non-hydrogen) atoms. The average molecular weight is 272 g/mol. The maximum absolute atomic E-state index is 2.23. The lowest BCUT2D eigenvalue weighted by molar-refractivity contribution is 1.16. The maximum atomic E-state index is 2.23. The fraction of sp³-hybridized carbons (Fsp3) is 0.333. The quantitative estimate of drug-likeness (QED) is 0.464. The fourth-order valence-corrected chi connectivity index (χ4v) is 3.37. The van der Waals surface area contributed by atoms with Crippen LogP contribution in [0.4, 0.5) is 0 Å². The molecule has 1 heteroatoms. The molecule has 0 aliphatic heterocycles. The van der Waals surface area contributed by atoms with E-state index in [2.05, 4.69) is 49.4 Å². The number of hydrogen-bond acceptors (Lipinski definition) is 1. The molecule has 0 fully saturated rings. The lowest BCUT2D eigenvalue weighted by Gasteiger charge is -1.97. The predicted molar refractivity (Wildman–Crippen MR) is 91.4 cm³/mol. The maximum Gasteiger partial charge on any atom is 0.0387 e. The van der Waals surface area contributed by atoms with Crippen LogP contribution in [0.2, 0.25) is 0 Å². The van der Waals surface area contributed by atoms with Crippen LogP contribution < -0.4 is 0 Å². The van der Waals surface area contributed by atoms with Crippen LogP contribution in [0.15, 0.2) is 42.5 Å². The monoisotopic (exact) mass is 272 g/mol. The summed E-state index contributed by atoms with van der Waals surface area (Å²) in [4.78, 5) is 0. The minimum atomic E-state index is 1.12. The van der Waals surface area contributed by atoms with Gasteiger partial charge in [0.1, 0.15) is 0 Å². The van der Waals surface area contributed by atoms with Crippen molar-refractivity contribution in [1.29, 1.82) is 0 Å². The van der Waals surface area contributed by atoms with Gasteiger partial charge in [-0.05, 0) is 18.1 Å². The van der Waals surface area contributed by atoms with Gasteiger partial charge in [0.15, 0.2) is 0 Å². The molecule has 3 aromatic rings. The number of aryl methyl sites for hydroxylation is 1. The Bertz CT molecular complexity index is 620. The Balaban J connectivity index is 0.000000415. The molecular formula is C18H24S. The van der Waals surface area contributed by atoms with Crippen LogP contribution in [0, 0.1) is 0 Å². The first-order valence-electron chi connectivity index (χ1n) is 7.29. The van der Waals surface area contributed by atoms with Crippen molar-refractivity contribution in [2.24, 2.45) is 0 Å². The molecule has 0 aliphatic rings. The third-order valence-electron chi connectivity index (χ3n) is 2.87. The molecule has 0 amide bonds. The molecule has 102 valence electrons. The number of rotatable bonds is 1. The molecule has 0 atom stereocenters. The highest BCUT2D eigenvalue weighted by Gasteiger charge is 2.06. The van der Waals surface area contributed by atoms with Crippen molar-refractivity contribution in [3.05, 3.63) is 48.0 Å². The molecule has 0 N–H and O–H groups in total. The molecule has 3 rings (SSSR count). The number of fused-ring (bicyclic) bond motifs is 3. The van der Waals surface area contributed by atoms with Crippen molar-refractivity contribution in [3.8, 4) is 0 Å². The summed E-state index contributed by atoms with van der Waals surface area (Å²) >= 11 is 1.91. The molecule has 0 spiro atoms. The molecule has 0 saturated carbocycles. The third kappa shape index (κ3) is 3.16. The molecule has 0 unspecified atom stereocenters. The van der Waals surface area contributed by atoms with Crippen molar-refractivity contribution >= 4 is 31.5 Å². The number of hydrogen-bond donors (Lipinski definition) is 0. The highest BCUT2D eigenvalue weighted by atomic mass is 32.1. The van der Waals surface area contributed by atoms with E-state index in [9.17, 15) is 0 Å². The summed E-state index contributed by atoms with van der Waals surface area (Å²) < 4.78 is 2.86. The minimum absolute atomic E-state index is 1.12. The summed E-state index contributed by atoms with van der Waals surface area (Å²) in [6, 6.07) is 15.3. The third-order valence-corrected chi connectivity index (χ3v) is 4.13. The molecule has 0 nitrogen and oxygen atoms in total. The van der Waals surface area contributed by atoms with Crippen LogP contribution in [0.5, 0.6) is 0 Å². The Morgan fingerprint density at radius 2 is 1.42 bits per heavy atom. The molecule has 0 saturated heterocycles. The summed E-state index contributed by atoms with van der Waals surface area (Å²) in [5.41, 5.74) is 1.47. The first-order valence-corrected chi connectivity index (χ1v) is 8.11. The van der Waals surface area contributed by atoms with Gasteiger partial charge in [-0.15, -0.1) is 11.3 Å². The van der Waals surface area contributed by atoms with Crippen LogP contribution in [0.3, 0.4) is 0 Å². The average Bonchev–Trinajstić information content (AvgIpc) is 2.90. The van der Waals surface area contributed by atoms with E-state index in [1.54, 1.807) is 0 Å². The van der Waals surface area contributed by atoms with E-state index in [1.807, 2.05) is 39.0 Å². The van der Waals surface area contributed by atoms with Crippen molar-refractivity contribution in [2.75, 3.05) is 0 Å². The van der Waals surface area contributed by atoms with Gasteiger partial charge in [0.25, 0.3) is 0 Å². The largest absolute Gasteiger partial charge is 0.135 e. The van der Waals surface area contributed by atoms with Crippen molar-refractivity contribution in [2.45, 2.75) is 41.0 Å². The second kappa shape index (κ2) is 7.96. The molecule has 0 aliphatic carbocycles. The number of benzene rings is 2. The fourth-order valence-electron chi connectivity index (χ4n) is 2.08. The highest BCUT2D eigenvalue weighted by Crippen LogP contribution is 2.35. The summed E-state index contributed by atoms with van der Waals surface area (Å²) in [5.74, 6) is 0. The van der Waals surface area contributed by atoms with E-state index in [0.717, 1.165) is 6.42 Å². The van der Waals surface area contributed by atoms with E-state index >= 15 is 0 Å². The van der Waals surface area contributed by atoms with Crippen molar-refractivity contribution < 1.29 is 0 Å². The topological polar surface area (TPSA) is 0 Å². The van der Waals surface area contributed by atoms with E-state index in [1.165, 1.54) is 25.7 Å². The second-order valence-electron chi connectivity index (χ2n) is 3.75. The first-order chi connectivity index (χ1) is 9.40. The van der Waals surface area contributed by atoms with Crippen LogP contribution in [-0.2, 0) is 6.42 Å². The lowest BCUT2D eigenvalue weighted by atomic mass is 10.1. The van der Waals surface area contributed by atoms with Gasteiger partial charge in [-0.2, -0.15) is 0 Å². The van der Waals surface area contributed by atoms with Crippen LogP contribution >= 0.6 is 11.3 Å². The van der Waals surface area contributed by atoms with Crippen LogP contribution in [0.25, 0.3) is 20.2 Å². The van der Waals surface area contributed by atoms with E-state index in [4.69, 9.17) is 0 Å². The van der Waals surface area contributed by atoms with Crippen molar-refractivity contribution in [1.82, 2.24) is 0 Å². The van der Waals surface area contributed by atoms with Gasteiger partial charge < -0.3 is 0 Å². The summed E-state index contributed by atoms with van der Waals surface area (Å²) in [7, 11) is 0. The zero-order valence-electron chi connectivity index (χ0n) is 12.7. The van der Waals surface area contributed by atoms with Gasteiger partial charge >= 0.3 is 0 Å².